The number of fused-ring (bicyclic) bond motifs is 5. The van der Waals surface area contributed by atoms with Gasteiger partial charge in [-0.25, -0.2) is 4.98 Å². The minimum absolute atomic E-state index is 0.0355. The Kier molecular flexibility index (Phi) is 5.61. The summed E-state index contributed by atoms with van der Waals surface area (Å²) < 4.78 is 6.15. The third-order valence-corrected chi connectivity index (χ3v) is 9.28. The monoisotopic (exact) mass is 575 g/mol. The number of amides is 2. The first-order valence-electron chi connectivity index (χ1n) is 13.5. The van der Waals surface area contributed by atoms with Crippen molar-refractivity contribution in [3.8, 4) is 0 Å². The zero-order valence-corrected chi connectivity index (χ0v) is 24.2. The Hall–Kier alpha value is -4.89. The van der Waals surface area contributed by atoms with E-state index in [2.05, 4.69) is 4.98 Å². The number of hydrogen-bond donors (Lipinski definition) is 0. The average molecular weight is 576 g/mol. The van der Waals surface area contributed by atoms with Gasteiger partial charge in [0.05, 0.1) is 33.8 Å². The van der Waals surface area contributed by atoms with Gasteiger partial charge in [0.15, 0.2) is 21.9 Å². The van der Waals surface area contributed by atoms with Crippen LogP contribution < -0.4 is 15.2 Å². The van der Waals surface area contributed by atoms with Gasteiger partial charge in [0.25, 0.3) is 11.8 Å². The molecule has 5 aromatic rings. The molecule has 2 aliphatic rings. The molecule has 0 saturated carbocycles. The van der Waals surface area contributed by atoms with Crippen molar-refractivity contribution in [1.82, 2.24) is 4.98 Å². The first-order chi connectivity index (χ1) is 20.1. The minimum Gasteiger partial charge on any atom is -0.450 e. The maximum Gasteiger partial charge on any atom is 0.297 e. The van der Waals surface area contributed by atoms with Crippen molar-refractivity contribution in [3.63, 3.8) is 0 Å². The summed E-state index contributed by atoms with van der Waals surface area (Å²) in [5, 5.41) is 0.430. The number of anilines is 2. The van der Waals surface area contributed by atoms with E-state index in [-0.39, 0.29) is 39.8 Å². The molecule has 1 atom stereocenters. The van der Waals surface area contributed by atoms with E-state index in [0.29, 0.717) is 21.8 Å². The van der Waals surface area contributed by atoms with E-state index in [4.69, 9.17) is 4.42 Å². The van der Waals surface area contributed by atoms with Gasteiger partial charge in [0, 0.05) is 12.5 Å². The van der Waals surface area contributed by atoms with Crippen LogP contribution >= 0.6 is 11.3 Å². The fraction of sp³-hybridized carbons (Fsp3) is 0.182. The molecule has 3 aromatic carbocycles. The largest absolute Gasteiger partial charge is 0.450 e. The SMILES string of the molecule is CC(=O)c1sc(N2C(=O)c3oc4ccc(C)cc4c(=O)c3C23C(=O)N(Cc2ccc(C)cc2)c2ccccc23)nc1C. The highest BCUT2D eigenvalue weighted by molar-refractivity contribution is 7.17. The van der Waals surface area contributed by atoms with Crippen molar-refractivity contribution in [2.45, 2.75) is 39.8 Å². The van der Waals surface area contributed by atoms with Crippen molar-refractivity contribution in [3.05, 3.63) is 121 Å². The van der Waals surface area contributed by atoms with Crippen LogP contribution in [-0.2, 0) is 16.9 Å². The van der Waals surface area contributed by atoms with Crippen LogP contribution in [0.5, 0.6) is 0 Å². The summed E-state index contributed by atoms with van der Waals surface area (Å²) in [5.41, 5.74) is 2.21. The molecule has 0 radical (unpaired) electrons. The van der Waals surface area contributed by atoms with E-state index in [1.54, 1.807) is 42.2 Å². The van der Waals surface area contributed by atoms with Gasteiger partial charge in [0.1, 0.15) is 5.58 Å². The third-order valence-electron chi connectivity index (χ3n) is 8.04. The van der Waals surface area contributed by atoms with Gasteiger partial charge in [-0.1, -0.05) is 71.0 Å². The van der Waals surface area contributed by atoms with Crippen LogP contribution in [0.4, 0.5) is 10.8 Å². The average Bonchev–Trinajstić information content (AvgIpc) is 3.55. The molecule has 0 bridgehead atoms. The molecule has 1 spiro atoms. The van der Waals surface area contributed by atoms with E-state index >= 15 is 0 Å². The summed E-state index contributed by atoms with van der Waals surface area (Å²) in [7, 11) is 0. The molecule has 0 saturated heterocycles. The lowest BCUT2D eigenvalue weighted by atomic mass is 9.84. The van der Waals surface area contributed by atoms with Crippen LogP contribution in [0.15, 0.2) is 75.9 Å². The van der Waals surface area contributed by atoms with Crippen LogP contribution in [0.2, 0.25) is 0 Å². The first kappa shape index (κ1) is 26.0. The number of rotatable bonds is 4. The maximum atomic E-state index is 15.0. The van der Waals surface area contributed by atoms with Crippen LogP contribution in [0.25, 0.3) is 11.0 Å². The fourth-order valence-electron chi connectivity index (χ4n) is 6.11. The molecule has 208 valence electrons. The van der Waals surface area contributed by atoms with Crippen LogP contribution in [-0.4, -0.2) is 22.6 Å². The number of thiazole rings is 1. The Labute approximate surface area is 244 Å². The van der Waals surface area contributed by atoms with Gasteiger partial charge < -0.3 is 9.32 Å². The number of carbonyl (C=O) groups excluding carboxylic acids is 3. The van der Waals surface area contributed by atoms with Crippen molar-refractivity contribution in [2.24, 2.45) is 0 Å². The Morgan fingerprint density at radius 2 is 1.67 bits per heavy atom. The van der Waals surface area contributed by atoms with E-state index < -0.39 is 22.8 Å². The number of ketones is 1. The van der Waals surface area contributed by atoms with Crippen LogP contribution in [0, 0.1) is 20.8 Å². The van der Waals surface area contributed by atoms with E-state index in [9.17, 15) is 19.2 Å². The molecule has 8 nitrogen and oxygen atoms in total. The number of benzene rings is 3. The molecule has 7 rings (SSSR count). The minimum atomic E-state index is -1.87. The lowest BCUT2D eigenvalue weighted by Gasteiger charge is -2.32. The predicted octanol–water partition coefficient (Wildman–Crippen LogP) is 5.83. The molecule has 9 heteroatoms. The lowest BCUT2D eigenvalue weighted by molar-refractivity contribution is -0.121. The van der Waals surface area contributed by atoms with Gasteiger partial charge in [-0.15, -0.1) is 0 Å². The van der Waals surface area contributed by atoms with Gasteiger partial charge in [-0.05, 0) is 44.5 Å². The van der Waals surface area contributed by atoms with Crippen LogP contribution in [0.3, 0.4) is 0 Å². The number of para-hydroxylation sites is 1. The quantitative estimate of drug-likeness (QED) is 0.250. The lowest BCUT2D eigenvalue weighted by Crippen LogP contribution is -2.53. The van der Waals surface area contributed by atoms with E-state index in [0.717, 1.165) is 28.0 Å². The van der Waals surface area contributed by atoms with Crippen molar-refractivity contribution in [2.75, 3.05) is 9.80 Å². The van der Waals surface area contributed by atoms with Crippen molar-refractivity contribution < 1.29 is 18.8 Å². The second-order valence-corrected chi connectivity index (χ2v) is 11.8. The molecule has 1 unspecified atom stereocenters. The normalized spacial score (nSPS) is 17.4. The van der Waals surface area contributed by atoms with Gasteiger partial charge in [-0.2, -0.15) is 0 Å². The summed E-state index contributed by atoms with van der Waals surface area (Å²) in [4.78, 5) is 64.0. The number of aryl methyl sites for hydroxylation is 3. The summed E-state index contributed by atoms with van der Waals surface area (Å²) in [6.45, 7) is 7.19. The second-order valence-electron chi connectivity index (χ2n) is 10.8. The predicted molar refractivity (Wildman–Crippen MR) is 160 cm³/mol. The molecule has 2 aromatic heterocycles. The summed E-state index contributed by atoms with van der Waals surface area (Å²) in [6.07, 6.45) is 0. The number of hydrogen-bond acceptors (Lipinski definition) is 7. The molecule has 4 heterocycles. The van der Waals surface area contributed by atoms with Crippen molar-refractivity contribution in [1.29, 1.82) is 0 Å². The Morgan fingerprint density at radius 1 is 0.952 bits per heavy atom. The number of Topliss-reactive ketones (excluding diaryl/α,β-unsaturated/α-hetero) is 1. The van der Waals surface area contributed by atoms with Gasteiger partial charge >= 0.3 is 0 Å². The molecule has 0 fully saturated rings. The second kappa shape index (κ2) is 9.06. The zero-order chi connectivity index (χ0) is 29.5. The topological polar surface area (TPSA) is 101 Å². The summed E-state index contributed by atoms with van der Waals surface area (Å²) in [5.74, 6) is -1.53. The number of nitrogens with zero attached hydrogens (tertiary/aromatic N) is 3. The molecule has 2 amide bonds. The Balaban J connectivity index is 1.56. The molecular formula is C33H25N3O5S. The zero-order valence-electron chi connectivity index (χ0n) is 23.3. The summed E-state index contributed by atoms with van der Waals surface area (Å²) >= 11 is 1.03. The highest BCUT2D eigenvalue weighted by Gasteiger charge is 2.66. The molecular weight excluding hydrogens is 550 g/mol. The van der Waals surface area contributed by atoms with Gasteiger partial charge in [0.2, 0.25) is 5.76 Å². The Morgan fingerprint density at radius 3 is 2.38 bits per heavy atom. The highest BCUT2D eigenvalue weighted by atomic mass is 32.1. The highest BCUT2D eigenvalue weighted by Crippen LogP contribution is 2.55. The standard InChI is InChI=1S/C33H25N3O5S/c1-17-9-12-21(13-10-17)16-35-24-8-6-5-7-23(24)33(31(35)40)26-27(38)22-15-18(2)11-14-25(22)41-28(26)30(39)36(33)32-34-19(3)29(42-32)20(4)37/h5-15H,16H2,1-4H3. The number of carbonyl (C=O) groups is 3. The molecule has 2 aliphatic heterocycles. The van der Waals surface area contributed by atoms with Crippen LogP contribution in [0.1, 0.15) is 60.7 Å². The fourth-order valence-corrected chi connectivity index (χ4v) is 7.13. The smallest absolute Gasteiger partial charge is 0.297 e. The van der Waals surface area contributed by atoms with E-state index in [1.807, 2.05) is 50.2 Å². The third kappa shape index (κ3) is 3.43. The molecule has 42 heavy (non-hydrogen) atoms. The first-order valence-corrected chi connectivity index (χ1v) is 14.3. The van der Waals surface area contributed by atoms with E-state index in [1.165, 1.54) is 11.8 Å². The number of aromatic nitrogens is 1. The van der Waals surface area contributed by atoms with Crippen molar-refractivity contribution >= 4 is 50.7 Å². The summed E-state index contributed by atoms with van der Waals surface area (Å²) in [6, 6.07) is 20.2. The van der Waals surface area contributed by atoms with Gasteiger partial charge in [-0.3, -0.25) is 24.1 Å². The molecule has 0 aliphatic carbocycles. The Bertz CT molecular complexity index is 2060. The maximum absolute atomic E-state index is 15.0. The molecule has 0 N–H and O–H groups in total.